The first-order chi connectivity index (χ1) is 15.8. The average molecular weight is 450 g/mol. The summed E-state index contributed by atoms with van der Waals surface area (Å²) in [5.41, 5.74) is 2.51. The van der Waals surface area contributed by atoms with Crippen LogP contribution in [-0.4, -0.2) is 37.6 Å². The number of nitrogens with one attached hydrogen (secondary N) is 2. The maximum atomic E-state index is 13.6. The fourth-order valence-electron chi connectivity index (χ4n) is 3.36. The number of H-pyrrole nitrogens is 1. The number of rotatable bonds is 7. The molecule has 3 aromatic carbocycles. The Morgan fingerprint density at radius 2 is 1.55 bits per heavy atom. The van der Waals surface area contributed by atoms with E-state index in [9.17, 15) is 28.6 Å². The summed E-state index contributed by atoms with van der Waals surface area (Å²) in [5, 5.41) is 32.1. The van der Waals surface area contributed by atoms with Crippen molar-refractivity contribution in [1.82, 2.24) is 15.4 Å². The van der Waals surface area contributed by atoms with Crippen LogP contribution in [0.25, 0.3) is 22.4 Å². The third kappa shape index (κ3) is 4.54. The summed E-state index contributed by atoms with van der Waals surface area (Å²) >= 11 is 0. The second-order valence-electron chi connectivity index (χ2n) is 7.10. The lowest BCUT2D eigenvalue weighted by Gasteiger charge is -2.14. The maximum absolute atomic E-state index is 13.6. The van der Waals surface area contributed by atoms with Crippen LogP contribution in [0.3, 0.4) is 0 Å². The molecular weight excluding hydrogens is 434 g/mol. The van der Waals surface area contributed by atoms with E-state index in [4.69, 9.17) is 0 Å². The minimum Gasteiger partial charge on any atom is -0.478 e. The third-order valence-corrected chi connectivity index (χ3v) is 5.04. The first kappa shape index (κ1) is 21.6. The molecule has 0 spiro atoms. The van der Waals surface area contributed by atoms with Crippen molar-refractivity contribution in [3.05, 3.63) is 89.1 Å². The summed E-state index contributed by atoms with van der Waals surface area (Å²) in [6.45, 7) is 0.00461. The van der Waals surface area contributed by atoms with Gasteiger partial charge >= 0.3 is 11.9 Å². The van der Waals surface area contributed by atoms with Gasteiger partial charge in [0, 0.05) is 17.8 Å². The number of aromatic nitrogens is 3. The molecule has 1 heterocycles. The Hall–Kier alpha value is -4.60. The quantitative estimate of drug-likeness (QED) is 0.328. The molecule has 0 atom stereocenters. The van der Waals surface area contributed by atoms with Crippen molar-refractivity contribution in [2.75, 3.05) is 5.32 Å². The second-order valence-corrected chi connectivity index (χ2v) is 7.10. The van der Waals surface area contributed by atoms with Gasteiger partial charge in [0.05, 0.1) is 23.0 Å². The summed E-state index contributed by atoms with van der Waals surface area (Å²) in [6, 6.07) is 12.4. The van der Waals surface area contributed by atoms with E-state index in [1.807, 2.05) is 0 Å². The van der Waals surface area contributed by atoms with Crippen molar-refractivity contribution < 1.29 is 28.6 Å². The number of aromatic amines is 1. The van der Waals surface area contributed by atoms with E-state index in [2.05, 4.69) is 20.7 Å². The molecule has 0 fully saturated rings. The van der Waals surface area contributed by atoms with Gasteiger partial charge < -0.3 is 15.5 Å². The Morgan fingerprint density at radius 1 is 0.848 bits per heavy atom. The van der Waals surface area contributed by atoms with Crippen molar-refractivity contribution in [1.29, 1.82) is 0 Å². The zero-order valence-electron chi connectivity index (χ0n) is 16.8. The number of benzene rings is 3. The van der Waals surface area contributed by atoms with Crippen LogP contribution in [0.2, 0.25) is 0 Å². The molecule has 0 aliphatic heterocycles. The lowest BCUT2D eigenvalue weighted by Crippen LogP contribution is -2.10. The van der Waals surface area contributed by atoms with E-state index in [1.165, 1.54) is 36.5 Å². The van der Waals surface area contributed by atoms with Crippen LogP contribution in [-0.2, 0) is 6.54 Å². The number of carbonyl (C=O) groups is 2. The molecule has 0 saturated heterocycles. The molecule has 4 aromatic rings. The first-order valence-electron chi connectivity index (χ1n) is 9.63. The Labute approximate surface area is 185 Å². The van der Waals surface area contributed by atoms with E-state index < -0.39 is 23.6 Å². The lowest BCUT2D eigenvalue weighted by molar-refractivity contribution is 0.0685. The number of carboxylic acids is 2. The lowest BCUT2D eigenvalue weighted by atomic mass is 10.0. The van der Waals surface area contributed by atoms with Gasteiger partial charge in [-0.25, -0.2) is 18.4 Å². The van der Waals surface area contributed by atoms with Gasteiger partial charge in [0.25, 0.3) is 0 Å². The molecule has 0 aliphatic carbocycles. The molecule has 4 rings (SSSR count). The first-order valence-corrected chi connectivity index (χ1v) is 9.63. The molecule has 33 heavy (non-hydrogen) atoms. The number of aromatic carboxylic acids is 2. The molecule has 0 aliphatic rings. The van der Waals surface area contributed by atoms with Crippen molar-refractivity contribution in [2.45, 2.75) is 6.54 Å². The number of hydrogen-bond acceptors (Lipinski definition) is 5. The second kappa shape index (κ2) is 8.87. The molecule has 1 aromatic heterocycles. The molecule has 4 N–H and O–H groups in total. The van der Waals surface area contributed by atoms with Gasteiger partial charge in [-0.15, -0.1) is 5.10 Å². The topological polar surface area (TPSA) is 128 Å². The summed E-state index contributed by atoms with van der Waals surface area (Å²) in [4.78, 5) is 23.5. The highest BCUT2D eigenvalue weighted by atomic mass is 19.2. The molecule has 0 bridgehead atoms. The van der Waals surface area contributed by atoms with Gasteiger partial charge in [-0.1, -0.05) is 29.5 Å². The van der Waals surface area contributed by atoms with Crippen LogP contribution in [0, 0.1) is 11.6 Å². The minimum absolute atomic E-state index is 0.00461. The van der Waals surface area contributed by atoms with Gasteiger partial charge in [-0.3, -0.25) is 5.10 Å². The Kier molecular flexibility index (Phi) is 5.81. The van der Waals surface area contributed by atoms with E-state index in [-0.39, 0.29) is 23.4 Å². The smallest absolute Gasteiger partial charge is 0.337 e. The van der Waals surface area contributed by atoms with Crippen LogP contribution < -0.4 is 5.32 Å². The molecule has 166 valence electrons. The highest BCUT2D eigenvalue weighted by molar-refractivity contribution is 5.96. The molecular formula is C23H16F2N4O4. The van der Waals surface area contributed by atoms with Crippen molar-refractivity contribution in [3.63, 3.8) is 0 Å². The fraction of sp³-hybridized carbons (Fsp3) is 0.0435. The predicted octanol–water partition coefficient (Wildman–Crippen LogP) is 4.43. The average Bonchev–Trinajstić information content (AvgIpc) is 3.34. The Balaban J connectivity index is 1.66. The normalized spacial score (nSPS) is 10.7. The number of carboxylic acid groups (broad SMARTS) is 2. The largest absolute Gasteiger partial charge is 0.478 e. The Bertz CT molecular complexity index is 1360. The summed E-state index contributed by atoms with van der Waals surface area (Å²) in [5.74, 6) is -4.37. The number of halogens is 2. The summed E-state index contributed by atoms with van der Waals surface area (Å²) in [6.07, 6.45) is 1.46. The monoisotopic (exact) mass is 450 g/mol. The van der Waals surface area contributed by atoms with Crippen molar-refractivity contribution in [2.24, 2.45) is 0 Å². The zero-order chi connectivity index (χ0) is 23.5. The summed E-state index contributed by atoms with van der Waals surface area (Å²) < 4.78 is 26.9. The molecule has 0 unspecified atom stereocenters. The van der Waals surface area contributed by atoms with Crippen molar-refractivity contribution in [3.8, 4) is 22.4 Å². The highest BCUT2D eigenvalue weighted by Gasteiger charge is 2.16. The number of anilines is 1. The number of hydrogen-bond donors (Lipinski definition) is 4. The molecule has 0 saturated carbocycles. The van der Waals surface area contributed by atoms with E-state index in [1.54, 1.807) is 12.1 Å². The van der Waals surface area contributed by atoms with Gasteiger partial charge in [0.2, 0.25) is 0 Å². The van der Waals surface area contributed by atoms with Gasteiger partial charge in [0.15, 0.2) is 11.6 Å². The SMILES string of the molecule is O=C(O)c1cc(-c2cnn[nH]2)ccc1CNc1cc(-c2ccc(F)c(F)c2)ccc1C(=O)O. The minimum atomic E-state index is -1.20. The van der Waals surface area contributed by atoms with Crippen LogP contribution in [0.1, 0.15) is 26.3 Å². The zero-order valence-corrected chi connectivity index (χ0v) is 16.8. The van der Waals surface area contributed by atoms with Gasteiger partial charge in [-0.2, -0.15) is 0 Å². The van der Waals surface area contributed by atoms with Crippen LogP contribution in [0.5, 0.6) is 0 Å². The van der Waals surface area contributed by atoms with Crippen LogP contribution in [0.15, 0.2) is 60.8 Å². The standard InChI is InChI=1S/C23H16F2N4O4/c24-18-6-4-12(8-19(18)25)13-3-5-16(22(30)31)20(9-13)26-10-15-2-1-14(7-17(15)23(32)33)21-11-27-29-28-21/h1-9,11,26H,10H2,(H,30,31)(H,32,33)(H,27,28,29). The molecule has 8 nitrogen and oxygen atoms in total. The van der Waals surface area contributed by atoms with Crippen molar-refractivity contribution >= 4 is 17.6 Å². The van der Waals surface area contributed by atoms with Gasteiger partial charge in [-0.05, 0) is 47.0 Å². The highest BCUT2D eigenvalue weighted by Crippen LogP contribution is 2.28. The molecule has 0 radical (unpaired) electrons. The third-order valence-electron chi connectivity index (χ3n) is 5.04. The van der Waals surface area contributed by atoms with Crippen LogP contribution in [0.4, 0.5) is 14.5 Å². The Morgan fingerprint density at radius 3 is 2.21 bits per heavy atom. The van der Waals surface area contributed by atoms with E-state index >= 15 is 0 Å². The fourth-order valence-corrected chi connectivity index (χ4v) is 3.36. The van der Waals surface area contributed by atoms with E-state index in [0.29, 0.717) is 27.9 Å². The molecule has 0 amide bonds. The van der Waals surface area contributed by atoms with Gasteiger partial charge in [0.1, 0.15) is 0 Å². The predicted molar refractivity (Wildman–Crippen MR) is 115 cm³/mol. The maximum Gasteiger partial charge on any atom is 0.337 e. The van der Waals surface area contributed by atoms with E-state index in [0.717, 1.165) is 12.1 Å². The number of nitrogens with zero attached hydrogens (tertiary/aromatic N) is 2. The van der Waals surface area contributed by atoms with Crippen LogP contribution >= 0.6 is 0 Å². The summed E-state index contributed by atoms with van der Waals surface area (Å²) in [7, 11) is 0. The molecule has 10 heteroatoms.